The Labute approximate surface area is 202 Å². The van der Waals surface area contributed by atoms with E-state index in [1.807, 2.05) is 0 Å². The summed E-state index contributed by atoms with van der Waals surface area (Å²) in [5, 5.41) is 0.556. The van der Waals surface area contributed by atoms with E-state index in [-0.39, 0.29) is 39.9 Å². The molecular formula is C18H12N2NiO6S4. The van der Waals surface area contributed by atoms with E-state index >= 15 is 0 Å². The summed E-state index contributed by atoms with van der Waals surface area (Å²) in [4.78, 5) is 8.20. The molecule has 2 heterocycles. The molecule has 2 aromatic carbocycles. The summed E-state index contributed by atoms with van der Waals surface area (Å²) in [5.41, 5.74) is 0.730. The maximum absolute atomic E-state index is 10.9. The average molecular weight is 539 g/mol. The zero-order chi connectivity index (χ0) is 22.1. The van der Waals surface area contributed by atoms with E-state index in [2.05, 4.69) is 9.97 Å². The molecule has 0 unspecified atom stereocenters. The van der Waals surface area contributed by atoms with Crippen molar-refractivity contribution in [1.29, 1.82) is 0 Å². The number of pyridine rings is 2. The third-order valence-corrected chi connectivity index (χ3v) is 6.37. The van der Waals surface area contributed by atoms with Crippen molar-refractivity contribution in [3.63, 3.8) is 0 Å². The van der Waals surface area contributed by atoms with Crippen LogP contribution in [0.2, 0.25) is 0 Å². The maximum Gasteiger partial charge on any atom is 2.00 e. The molecule has 8 nitrogen and oxygen atoms in total. The van der Waals surface area contributed by atoms with Gasteiger partial charge in [-0.2, -0.15) is 0 Å². The van der Waals surface area contributed by atoms with Crippen molar-refractivity contribution in [2.75, 3.05) is 0 Å². The van der Waals surface area contributed by atoms with Gasteiger partial charge in [0.2, 0.25) is 0 Å². The van der Waals surface area contributed by atoms with E-state index in [0.29, 0.717) is 20.8 Å². The Morgan fingerprint density at radius 1 is 0.677 bits per heavy atom. The van der Waals surface area contributed by atoms with Gasteiger partial charge in [-0.1, -0.05) is 24.3 Å². The van der Waals surface area contributed by atoms with Crippen LogP contribution in [0.5, 0.6) is 0 Å². The van der Waals surface area contributed by atoms with Crippen LogP contribution in [0.1, 0.15) is 2.85 Å². The molecule has 0 saturated carbocycles. The number of hydrogen-bond acceptors (Lipinski definition) is 10. The van der Waals surface area contributed by atoms with Crippen LogP contribution in [0, 0.1) is 0 Å². The second-order valence-corrected chi connectivity index (χ2v) is 9.41. The second-order valence-electron chi connectivity index (χ2n) is 5.83. The van der Waals surface area contributed by atoms with Gasteiger partial charge in [-0.25, -0.2) is 16.8 Å². The summed E-state index contributed by atoms with van der Waals surface area (Å²) in [5.74, 6) is 0. The van der Waals surface area contributed by atoms with Crippen LogP contribution >= 0.6 is 0 Å². The van der Waals surface area contributed by atoms with Crippen molar-refractivity contribution in [2.24, 2.45) is 0 Å². The first-order valence-corrected chi connectivity index (χ1v) is 11.6. The molecule has 31 heavy (non-hydrogen) atoms. The van der Waals surface area contributed by atoms with Crippen molar-refractivity contribution < 1.29 is 45.3 Å². The van der Waals surface area contributed by atoms with Gasteiger partial charge in [0, 0.05) is 23.2 Å². The predicted octanol–water partition coefficient (Wildman–Crippen LogP) is 2.31. The normalized spacial score (nSPS) is 11.4. The summed E-state index contributed by atoms with van der Waals surface area (Å²) in [6, 6.07) is 11.4. The predicted molar refractivity (Wildman–Crippen MR) is 113 cm³/mol. The van der Waals surface area contributed by atoms with E-state index in [1.165, 1.54) is 48.8 Å². The Balaban J connectivity index is 0.000000569. The molecule has 0 aliphatic heterocycles. The Kier molecular flexibility index (Phi) is 7.87. The minimum atomic E-state index is -4.48. The molecule has 0 aliphatic rings. The molecule has 0 N–H and O–H groups in total. The monoisotopic (exact) mass is 538 g/mol. The minimum Gasteiger partial charge on any atom is -0.778 e. The van der Waals surface area contributed by atoms with Crippen molar-refractivity contribution in [3.8, 4) is 0 Å². The van der Waals surface area contributed by atoms with E-state index in [4.69, 9.17) is 25.3 Å². The zero-order valence-electron chi connectivity index (χ0n) is 17.1. The first kappa shape index (κ1) is 25.3. The number of rotatable bonds is 2. The van der Waals surface area contributed by atoms with E-state index < -0.39 is 20.2 Å². The molecule has 0 saturated heterocycles. The first-order chi connectivity index (χ1) is 14.0. The Morgan fingerprint density at radius 3 is 1.35 bits per heavy atom. The van der Waals surface area contributed by atoms with Crippen LogP contribution in [0.3, 0.4) is 0 Å². The van der Waals surface area contributed by atoms with Gasteiger partial charge in [-0.05, 0) is 24.3 Å². The van der Waals surface area contributed by atoms with Crippen molar-refractivity contribution in [3.05, 3.63) is 60.9 Å². The minimum absolute atomic E-state index is 0. The second kappa shape index (κ2) is 9.66. The molecule has 4 rings (SSSR count). The van der Waals surface area contributed by atoms with Crippen molar-refractivity contribution in [1.82, 2.24) is 9.97 Å². The third-order valence-electron chi connectivity index (χ3n) is 3.92. The summed E-state index contributed by atoms with van der Waals surface area (Å²) >= 11 is 9.95. The largest absolute Gasteiger partial charge is 2.00 e. The van der Waals surface area contributed by atoms with E-state index in [1.54, 1.807) is 12.1 Å². The van der Waals surface area contributed by atoms with Crippen LogP contribution in [-0.4, -0.2) is 35.9 Å². The molecule has 164 valence electrons. The van der Waals surface area contributed by atoms with Crippen LogP contribution in [0.15, 0.2) is 80.5 Å². The molecule has 0 aliphatic carbocycles. The SMILES string of the molecule is O=S(=O)([O-])c1ccc([S-])c2ncccc12.O=S(=O)([O-])c1ccc([S-])c2ncccc12.[H+].[H+].[Ni+2]. The van der Waals surface area contributed by atoms with Gasteiger partial charge >= 0.3 is 19.3 Å². The van der Waals surface area contributed by atoms with Gasteiger partial charge < -0.3 is 34.4 Å². The average Bonchev–Trinajstić information content (AvgIpc) is 2.67. The number of hydrogen-bond donors (Lipinski definition) is 0. The fourth-order valence-electron chi connectivity index (χ4n) is 2.68. The van der Waals surface area contributed by atoms with Gasteiger partial charge in [0.15, 0.2) is 0 Å². The first-order valence-electron chi connectivity index (χ1n) is 8.01. The molecule has 0 spiro atoms. The van der Waals surface area contributed by atoms with Gasteiger partial charge in [0.1, 0.15) is 20.2 Å². The van der Waals surface area contributed by atoms with Crippen LogP contribution in [-0.2, 0) is 62.0 Å². The maximum atomic E-state index is 10.9. The summed E-state index contributed by atoms with van der Waals surface area (Å²) in [6.07, 6.45) is 3.00. The molecule has 0 fully saturated rings. The molecule has 2 aromatic heterocycles. The summed E-state index contributed by atoms with van der Waals surface area (Å²) in [7, 11) is -8.96. The van der Waals surface area contributed by atoms with Gasteiger partial charge in [0.05, 0.1) is 20.8 Å². The molecule has 0 radical (unpaired) electrons. The molecule has 0 bridgehead atoms. The van der Waals surface area contributed by atoms with Crippen LogP contribution in [0.4, 0.5) is 0 Å². The van der Waals surface area contributed by atoms with Crippen molar-refractivity contribution >= 4 is 67.3 Å². The van der Waals surface area contributed by atoms with E-state index in [0.717, 1.165) is 0 Å². The Bertz CT molecular complexity index is 1380. The van der Waals surface area contributed by atoms with Crippen LogP contribution < -0.4 is 0 Å². The molecule has 0 atom stereocenters. The third kappa shape index (κ3) is 5.63. The quantitative estimate of drug-likeness (QED) is 0.212. The fourth-order valence-corrected chi connectivity index (χ4v) is 4.48. The Morgan fingerprint density at radius 2 is 1.03 bits per heavy atom. The number of fused-ring (bicyclic) bond motifs is 2. The van der Waals surface area contributed by atoms with E-state index in [9.17, 15) is 25.9 Å². The number of nitrogens with zero attached hydrogens (tertiary/aromatic N) is 2. The van der Waals surface area contributed by atoms with Gasteiger partial charge in [-0.15, -0.1) is 9.79 Å². The van der Waals surface area contributed by atoms with Gasteiger partial charge in [0.25, 0.3) is 0 Å². The van der Waals surface area contributed by atoms with Crippen molar-refractivity contribution in [2.45, 2.75) is 19.6 Å². The molecular weight excluding hydrogens is 527 g/mol. The summed E-state index contributed by atoms with van der Waals surface area (Å²) < 4.78 is 65.6. The zero-order valence-corrected chi connectivity index (χ0v) is 19.3. The number of benzene rings is 2. The topological polar surface area (TPSA) is 140 Å². The number of aromatic nitrogens is 2. The molecule has 0 amide bonds. The standard InChI is InChI=1S/2C9H7NO3S2.Ni/c2*11-15(12,13)8-4-3-7(14)9-6(8)2-1-5-10-9;/h2*1-5,14H,(H,11,12,13);/q;;+2/p-2. The smallest absolute Gasteiger partial charge is 0.778 e. The van der Waals surface area contributed by atoms with Crippen LogP contribution in [0.25, 0.3) is 21.8 Å². The molecule has 4 aromatic rings. The summed E-state index contributed by atoms with van der Waals surface area (Å²) in [6.45, 7) is 0. The fraction of sp³-hybridized carbons (Fsp3) is 0. The van der Waals surface area contributed by atoms with Gasteiger partial charge in [-0.3, -0.25) is 9.97 Å². The Hall–Kier alpha value is -1.99. The molecule has 13 heteroatoms.